The van der Waals surface area contributed by atoms with Gasteiger partial charge < -0.3 is 42.1 Å². The van der Waals surface area contributed by atoms with Crippen LogP contribution in [0.2, 0.25) is 0 Å². The molecule has 0 rings (SSSR count). The summed E-state index contributed by atoms with van der Waals surface area (Å²) in [6, 6.07) is -5.95. The minimum atomic E-state index is -1.65. The number of hydrogen-bond donors (Lipinski definition) is 8. The lowest BCUT2D eigenvalue weighted by Gasteiger charge is -2.26. The van der Waals surface area contributed by atoms with Crippen molar-refractivity contribution < 1.29 is 49.2 Å². The number of carboxylic acids is 3. The molecule has 9 N–H and O–H groups in total. The summed E-state index contributed by atoms with van der Waals surface area (Å²) in [4.78, 5) is 70.3. The number of nitrogens with two attached hydrogens (primary N) is 1. The Morgan fingerprint density at radius 3 is 1.76 bits per heavy atom. The number of carboxylic acid groups (broad SMARTS) is 3. The van der Waals surface area contributed by atoms with E-state index in [0.717, 1.165) is 6.92 Å². The van der Waals surface area contributed by atoms with E-state index in [0.29, 0.717) is 0 Å². The average molecular weight is 476 g/mol. The molecule has 0 spiro atoms. The monoisotopic (exact) mass is 476 g/mol. The van der Waals surface area contributed by atoms with Crippen LogP contribution in [-0.4, -0.2) is 86.3 Å². The Bertz CT molecular complexity index is 740. The maximum Gasteiger partial charge on any atom is 0.326 e. The van der Waals surface area contributed by atoms with Gasteiger partial charge >= 0.3 is 17.9 Å². The van der Waals surface area contributed by atoms with Gasteiger partial charge in [0.25, 0.3) is 0 Å². The molecular formula is C19H32N4O10. The fourth-order valence-electron chi connectivity index (χ4n) is 2.71. The van der Waals surface area contributed by atoms with E-state index in [1.54, 1.807) is 13.8 Å². The SMILES string of the molecule is CC(C)CC(NC(=O)C(CCC(=O)O)NC(=O)C(NC(=O)C(N)CC(=O)O)C(C)O)C(=O)O. The van der Waals surface area contributed by atoms with Crippen molar-refractivity contribution in [2.75, 3.05) is 0 Å². The molecular weight excluding hydrogens is 444 g/mol. The van der Waals surface area contributed by atoms with Crippen molar-refractivity contribution in [3.05, 3.63) is 0 Å². The Labute approximate surface area is 189 Å². The molecule has 0 heterocycles. The molecule has 14 nitrogen and oxygen atoms in total. The second-order valence-electron chi connectivity index (χ2n) is 7.95. The first-order chi connectivity index (χ1) is 15.1. The third-order valence-corrected chi connectivity index (χ3v) is 4.40. The van der Waals surface area contributed by atoms with E-state index in [2.05, 4.69) is 16.0 Å². The molecule has 0 aliphatic rings. The van der Waals surface area contributed by atoms with E-state index < -0.39 is 85.2 Å². The standard InChI is InChI=1S/C19H32N4O10/c1-8(2)6-12(19(32)33)22-17(30)11(4-5-13(25)26)21-18(31)15(9(3)24)23-16(29)10(20)7-14(27)28/h8-12,15,24H,4-7,20H2,1-3H3,(H,21,31)(H,22,30)(H,23,29)(H,25,26)(H,27,28)(H,32,33). The van der Waals surface area contributed by atoms with Gasteiger partial charge in [0, 0.05) is 6.42 Å². The van der Waals surface area contributed by atoms with Crippen molar-refractivity contribution in [1.29, 1.82) is 0 Å². The molecule has 0 aliphatic heterocycles. The van der Waals surface area contributed by atoms with Gasteiger partial charge in [-0.3, -0.25) is 24.0 Å². The highest BCUT2D eigenvalue weighted by atomic mass is 16.4. The van der Waals surface area contributed by atoms with Gasteiger partial charge in [-0.2, -0.15) is 0 Å². The second-order valence-corrected chi connectivity index (χ2v) is 7.95. The molecule has 0 fully saturated rings. The molecule has 0 saturated heterocycles. The molecule has 0 radical (unpaired) electrons. The number of rotatable bonds is 15. The van der Waals surface area contributed by atoms with Crippen molar-refractivity contribution in [2.45, 2.75) is 76.7 Å². The minimum absolute atomic E-state index is 0.0779. The summed E-state index contributed by atoms with van der Waals surface area (Å²) in [7, 11) is 0. The van der Waals surface area contributed by atoms with Crippen LogP contribution in [0.3, 0.4) is 0 Å². The predicted molar refractivity (Wildman–Crippen MR) is 112 cm³/mol. The molecule has 3 amide bonds. The molecule has 0 aliphatic carbocycles. The summed E-state index contributed by atoms with van der Waals surface area (Å²) < 4.78 is 0. The van der Waals surface area contributed by atoms with E-state index in [-0.39, 0.29) is 12.3 Å². The van der Waals surface area contributed by atoms with Gasteiger partial charge in [0.05, 0.1) is 18.6 Å². The van der Waals surface area contributed by atoms with E-state index in [1.807, 2.05) is 0 Å². The lowest BCUT2D eigenvalue weighted by molar-refractivity contribution is -0.143. The third kappa shape index (κ3) is 11.8. The predicted octanol–water partition coefficient (Wildman–Crippen LogP) is -2.38. The molecule has 0 aromatic heterocycles. The Balaban J connectivity index is 5.52. The number of nitrogens with one attached hydrogen (secondary N) is 3. The molecule has 0 aromatic rings. The fourth-order valence-corrected chi connectivity index (χ4v) is 2.71. The van der Waals surface area contributed by atoms with E-state index in [4.69, 9.17) is 15.9 Å². The maximum absolute atomic E-state index is 12.6. The first-order valence-electron chi connectivity index (χ1n) is 10.2. The number of aliphatic carboxylic acids is 3. The number of amides is 3. The normalized spacial score (nSPS) is 15.5. The van der Waals surface area contributed by atoms with Crippen molar-refractivity contribution in [3.8, 4) is 0 Å². The van der Waals surface area contributed by atoms with Crippen LogP contribution in [0, 0.1) is 5.92 Å². The largest absolute Gasteiger partial charge is 0.481 e. The summed E-state index contributed by atoms with van der Waals surface area (Å²) in [6.45, 7) is 4.61. The quantitative estimate of drug-likeness (QED) is 0.124. The van der Waals surface area contributed by atoms with Crippen molar-refractivity contribution in [3.63, 3.8) is 0 Å². The lowest BCUT2D eigenvalue weighted by atomic mass is 10.0. The lowest BCUT2D eigenvalue weighted by Crippen LogP contribution is -2.60. The van der Waals surface area contributed by atoms with Crippen LogP contribution < -0.4 is 21.7 Å². The molecule has 0 saturated carbocycles. The summed E-state index contributed by atoms with van der Waals surface area (Å²) in [6.07, 6.45) is -3.11. The zero-order valence-corrected chi connectivity index (χ0v) is 18.6. The summed E-state index contributed by atoms with van der Waals surface area (Å²) in [5.74, 6) is -7.15. The van der Waals surface area contributed by atoms with Crippen molar-refractivity contribution in [2.24, 2.45) is 11.7 Å². The molecule has 14 heteroatoms. The van der Waals surface area contributed by atoms with Crippen LogP contribution in [-0.2, 0) is 28.8 Å². The Morgan fingerprint density at radius 2 is 1.33 bits per heavy atom. The Kier molecular flexibility index (Phi) is 12.6. The number of carbonyl (C=O) groups excluding carboxylic acids is 3. The van der Waals surface area contributed by atoms with E-state index in [1.165, 1.54) is 0 Å². The van der Waals surface area contributed by atoms with Gasteiger partial charge in [0.1, 0.15) is 18.1 Å². The van der Waals surface area contributed by atoms with Gasteiger partial charge in [0.15, 0.2) is 0 Å². The van der Waals surface area contributed by atoms with Crippen LogP contribution in [0.5, 0.6) is 0 Å². The van der Waals surface area contributed by atoms with Gasteiger partial charge in [-0.05, 0) is 25.7 Å². The second kappa shape index (κ2) is 14.0. The van der Waals surface area contributed by atoms with Gasteiger partial charge in [-0.25, -0.2) is 4.79 Å². The summed E-state index contributed by atoms with van der Waals surface area (Å²) in [5, 5.41) is 43.3. The highest BCUT2D eigenvalue weighted by Crippen LogP contribution is 2.07. The van der Waals surface area contributed by atoms with Gasteiger partial charge in [-0.1, -0.05) is 13.8 Å². The Hall–Kier alpha value is -3.26. The van der Waals surface area contributed by atoms with Crippen LogP contribution >= 0.6 is 0 Å². The van der Waals surface area contributed by atoms with E-state index in [9.17, 15) is 39.0 Å². The Morgan fingerprint density at radius 1 is 0.788 bits per heavy atom. The van der Waals surface area contributed by atoms with Crippen LogP contribution in [0.1, 0.15) is 46.5 Å². The zero-order valence-electron chi connectivity index (χ0n) is 18.6. The first kappa shape index (κ1) is 29.7. The minimum Gasteiger partial charge on any atom is -0.481 e. The zero-order chi connectivity index (χ0) is 25.9. The molecule has 5 atom stereocenters. The van der Waals surface area contributed by atoms with E-state index >= 15 is 0 Å². The number of aliphatic hydroxyl groups is 1. The molecule has 188 valence electrons. The number of aliphatic hydroxyl groups excluding tert-OH is 1. The molecule has 0 bridgehead atoms. The topological polar surface area (TPSA) is 245 Å². The summed E-state index contributed by atoms with van der Waals surface area (Å²) >= 11 is 0. The number of carbonyl (C=O) groups is 6. The van der Waals surface area contributed by atoms with Gasteiger partial charge in [-0.15, -0.1) is 0 Å². The van der Waals surface area contributed by atoms with Crippen LogP contribution in [0.4, 0.5) is 0 Å². The molecule has 5 unspecified atom stereocenters. The van der Waals surface area contributed by atoms with Crippen LogP contribution in [0.15, 0.2) is 0 Å². The van der Waals surface area contributed by atoms with Gasteiger partial charge in [0.2, 0.25) is 17.7 Å². The van der Waals surface area contributed by atoms with Crippen molar-refractivity contribution >= 4 is 35.6 Å². The number of hydrogen-bond acceptors (Lipinski definition) is 8. The first-order valence-corrected chi connectivity index (χ1v) is 10.2. The van der Waals surface area contributed by atoms with Crippen LogP contribution in [0.25, 0.3) is 0 Å². The highest BCUT2D eigenvalue weighted by molar-refractivity contribution is 5.95. The van der Waals surface area contributed by atoms with Crippen molar-refractivity contribution in [1.82, 2.24) is 16.0 Å². The fraction of sp³-hybridized carbons (Fsp3) is 0.684. The highest BCUT2D eigenvalue weighted by Gasteiger charge is 2.33. The molecule has 33 heavy (non-hydrogen) atoms. The average Bonchev–Trinajstić information content (AvgIpc) is 2.66. The maximum atomic E-state index is 12.6. The third-order valence-electron chi connectivity index (χ3n) is 4.40. The summed E-state index contributed by atoms with van der Waals surface area (Å²) in [5.41, 5.74) is 5.43. The molecule has 0 aromatic carbocycles. The smallest absolute Gasteiger partial charge is 0.326 e.